The highest BCUT2D eigenvalue weighted by Crippen LogP contribution is 2.35. The van der Waals surface area contributed by atoms with E-state index in [1.807, 2.05) is 20.8 Å². The maximum atomic E-state index is 12.9. The van der Waals surface area contributed by atoms with E-state index in [4.69, 9.17) is 5.73 Å². The first kappa shape index (κ1) is 11.0. The Morgan fingerprint density at radius 1 is 1.36 bits per heavy atom. The van der Waals surface area contributed by atoms with Crippen LogP contribution in [0.3, 0.4) is 0 Å². The molecule has 0 radical (unpaired) electrons. The zero-order valence-corrected chi connectivity index (χ0v) is 8.71. The first-order chi connectivity index (χ1) is 6.32. The average molecular weight is 197 g/mol. The number of nitrogens with two attached hydrogens (primary N) is 1. The highest BCUT2D eigenvalue weighted by molar-refractivity contribution is 5.35. The highest BCUT2D eigenvalue weighted by atomic mass is 19.1. The summed E-state index contributed by atoms with van der Waals surface area (Å²) in [6.07, 6.45) is 0. The van der Waals surface area contributed by atoms with Crippen LogP contribution in [0.15, 0.2) is 18.2 Å². The van der Waals surface area contributed by atoms with Crippen molar-refractivity contribution in [2.45, 2.75) is 26.8 Å². The molecule has 3 N–H and O–H groups in total. The van der Waals surface area contributed by atoms with Gasteiger partial charge in [-0.3, -0.25) is 0 Å². The Hall–Kier alpha value is -1.09. The molecule has 1 aromatic rings. The van der Waals surface area contributed by atoms with E-state index in [0.29, 0.717) is 5.56 Å². The molecular weight excluding hydrogens is 181 g/mol. The molecule has 14 heavy (non-hydrogen) atoms. The Morgan fingerprint density at radius 3 is 2.43 bits per heavy atom. The smallest absolute Gasteiger partial charge is 0.123 e. The molecule has 3 heteroatoms. The van der Waals surface area contributed by atoms with E-state index < -0.39 is 0 Å². The molecule has 0 fully saturated rings. The van der Waals surface area contributed by atoms with Gasteiger partial charge >= 0.3 is 0 Å². The van der Waals surface area contributed by atoms with Crippen LogP contribution in [-0.4, -0.2) is 5.11 Å². The van der Waals surface area contributed by atoms with Crippen LogP contribution in [0.25, 0.3) is 0 Å². The molecule has 0 aromatic heterocycles. The molecule has 0 heterocycles. The van der Waals surface area contributed by atoms with Gasteiger partial charge in [-0.2, -0.15) is 0 Å². The van der Waals surface area contributed by atoms with E-state index in [9.17, 15) is 9.50 Å². The quantitative estimate of drug-likeness (QED) is 0.726. The number of hydrogen-bond acceptors (Lipinski definition) is 2. The number of hydrogen-bond donors (Lipinski definition) is 2. The minimum Gasteiger partial charge on any atom is -0.508 e. The van der Waals surface area contributed by atoms with Crippen LogP contribution >= 0.6 is 0 Å². The first-order valence-electron chi connectivity index (χ1n) is 4.56. The van der Waals surface area contributed by atoms with Crippen LogP contribution in [0.5, 0.6) is 5.75 Å². The number of aromatic hydroxyl groups is 1. The molecule has 0 aliphatic rings. The van der Waals surface area contributed by atoms with E-state index in [1.165, 1.54) is 18.2 Å². The summed E-state index contributed by atoms with van der Waals surface area (Å²) in [5.74, 6) is -0.327. The van der Waals surface area contributed by atoms with Gasteiger partial charge < -0.3 is 10.8 Å². The maximum absolute atomic E-state index is 12.9. The molecule has 1 rings (SSSR count). The predicted molar refractivity (Wildman–Crippen MR) is 54.4 cm³/mol. The second-order valence-corrected chi connectivity index (χ2v) is 4.55. The Balaban J connectivity index is 3.12. The lowest BCUT2D eigenvalue weighted by atomic mass is 9.83. The third-order valence-electron chi connectivity index (χ3n) is 2.26. The zero-order chi connectivity index (χ0) is 10.9. The van der Waals surface area contributed by atoms with E-state index in [0.717, 1.165) is 0 Å². The lowest BCUT2D eigenvalue weighted by molar-refractivity contribution is 0.316. The van der Waals surface area contributed by atoms with Gasteiger partial charge in [-0.05, 0) is 23.6 Å². The molecule has 0 aliphatic carbocycles. The summed E-state index contributed by atoms with van der Waals surface area (Å²) in [5, 5.41) is 9.52. The van der Waals surface area contributed by atoms with Crippen molar-refractivity contribution < 1.29 is 9.50 Å². The number of phenols is 1. The molecule has 0 unspecified atom stereocenters. The van der Waals surface area contributed by atoms with Gasteiger partial charge in [-0.25, -0.2) is 4.39 Å². The van der Waals surface area contributed by atoms with E-state index >= 15 is 0 Å². The topological polar surface area (TPSA) is 46.2 Å². The van der Waals surface area contributed by atoms with E-state index in [-0.39, 0.29) is 23.0 Å². The van der Waals surface area contributed by atoms with Gasteiger partial charge in [-0.15, -0.1) is 0 Å². The summed E-state index contributed by atoms with van der Waals surface area (Å²) >= 11 is 0. The van der Waals surface area contributed by atoms with E-state index in [2.05, 4.69) is 0 Å². The summed E-state index contributed by atoms with van der Waals surface area (Å²) < 4.78 is 12.9. The number of benzene rings is 1. The lowest BCUT2D eigenvalue weighted by Crippen LogP contribution is -2.26. The van der Waals surface area contributed by atoms with Crippen LogP contribution in [0, 0.1) is 11.2 Å². The van der Waals surface area contributed by atoms with Crippen LogP contribution in [0.2, 0.25) is 0 Å². The minimum atomic E-state index is -0.377. The summed E-state index contributed by atoms with van der Waals surface area (Å²) in [5.41, 5.74) is 6.17. The number of phenolic OH excluding ortho intramolecular Hbond substituents is 1. The Labute approximate surface area is 83.6 Å². The standard InChI is InChI=1S/C11H16FNO/c1-11(2,3)10(13)8-6-7(12)4-5-9(8)14/h4-6,10,14H,13H2,1-3H3/t10-/m0/s1. The second-order valence-electron chi connectivity index (χ2n) is 4.55. The summed E-state index contributed by atoms with van der Waals surface area (Å²) in [6.45, 7) is 5.84. The summed E-state index contributed by atoms with van der Waals surface area (Å²) in [4.78, 5) is 0. The van der Waals surface area contributed by atoms with Crippen LogP contribution in [0.1, 0.15) is 32.4 Å². The summed E-state index contributed by atoms with van der Waals surface area (Å²) in [7, 11) is 0. The zero-order valence-electron chi connectivity index (χ0n) is 8.71. The Morgan fingerprint density at radius 2 is 1.93 bits per heavy atom. The molecule has 0 bridgehead atoms. The first-order valence-corrected chi connectivity index (χ1v) is 4.56. The normalized spacial score (nSPS) is 14.1. The van der Waals surface area contributed by atoms with Crippen molar-refractivity contribution in [3.63, 3.8) is 0 Å². The largest absolute Gasteiger partial charge is 0.508 e. The molecule has 0 saturated heterocycles. The SMILES string of the molecule is CC(C)(C)[C@@H](N)c1cc(F)ccc1O. The molecule has 2 nitrogen and oxygen atoms in total. The fourth-order valence-corrected chi connectivity index (χ4v) is 1.24. The van der Waals surface area contributed by atoms with E-state index in [1.54, 1.807) is 0 Å². The van der Waals surface area contributed by atoms with Crippen LogP contribution in [-0.2, 0) is 0 Å². The van der Waals surface area contributed by atoms with Crippen molar-refractivity contribution in [2.75, 3.05) is 0 Å². The summed E-state index contributed by atoms with van der Waals surface area (Å²) in [6, 6.07) is 3.45. The van der Waals surface area contributed by atoms with Crippen molar-refractivity contribution in [1.29, 1.82) is 0 Å². The number of halogens is 1. The third kappa shape index (κ3) is 2.23. The van der Waals surface area contributed by atoms with Gasteiger partial charge in [0.05, 0.1) is 0 Å². The molecule has 0 aliphatic heterocycles. The van der Waals surface area contributed by atoms with Crippen LogP contribution in [0.4, 0.5) is 4.39 Å². The van der Waals surface area contributed by atoms with Gasteiger partial charge in [0.1, 0.15) is 11.6 Å². The van der Waals surface area contributed by atoms with Gasteiger partial charge in [0, 0.05) is 11.6 Å². The van der Waals surface area contributed by atoms with Crippen molar-refractivity contribution >= 4 is 0 Å². The molecule has 0 saturated carbocycles. The van der Waals surface area contributed by atoms with Gasteiger partial charge in [-0.1, -0.05) is 20.8 Å². The van der Waals surface area contributed by atoms with Crippen molar-refractivity contribution in [1.82, 2.24) is 0 Å². The average Bonchev–Trinajstić information content (AvgIpc) is 2.06. The van der Waals surface area contributed by atoms with Crippen molar-refractivity contribution in [2.24, 2.45) is 11.1 Å². The van der Waals surface area contributed by atoms with Crippen molar-refractivity contribution in [3.8, 4) is 5.75 Å². The maximum Gasteiger partial charge on any atom is 0.123 e. The van der Waals surface area contributed by atoms with Gasteiger partial charge in [0.25, 0.3) is 0 Å². The molecule has 0 spiro atoms. The minimum absolute atomic E-state index is 0.0498. The molecular formula is C11H16FNO. The molecule has 78 valence electrons. The Bertz CT molecular complexity index is 331. The Kier molecular flexibility index (Phi) is 2.81. The fourth-order valence-electron chi connectivity index (χ4n) is 1.24. The molecule has 1 atom stereocenters. The predicted octanol–water partition coefficient (Wildman–Crippen LogP) is 2.58. The fraction of sp³-hybridized carbons (Fsp3) is 0.455. The number of rotatable bonds is 1. The molecule has 1 aromatic carbocycles. The monoisotopic (exact) mass is 197 g/mol. The molecule has 0 amide bonds. The van der Waals surface area contributed by atoms with Gasteiger partial charge in [0.15, 0.2) is 0 Å². The van der Waals surface area contributed by atoms with Gasteiger partial charge in [0.2, 0.25) is 0 Å². The highest BCUT2D eigenvalue weighted by Gasteiger charge is 2.24. The lowest BCUT2D eigenvalue weighted by Gasteiger charge is -2.27. The third-order valence-corrected chi connectivity index (χ3v) is 2.26. The van der Waals surface area contributed by atoms with Crippen molar-refractivity contribution in [3.05, 3.63) is 29.6 Å². The van der Waals surface area contributed by atoms with Crippen LogP contribution < -0.4 is 5.73 Å². The second kappa shape index (κ2) is 3.58.